The molecule has 0 bridgehead atoms. The zero-order chi connectivity index (χ0) is 25.4. The zero-order valence-electron chi connectivity index (χ0n) is 19.9. The Morgan fingerprint density at radius 2 is 1.91 bits per heavy atom. The molecule has 35 heavy (non-hydrogen) atoms. The highest BCUT2D eigenvalue weighted by Crippen LogP contribution is 2.33. The summed E-state index contributed by atoms with van der Waals surface area (Å²) in [4.78, 5) is 38.7. The van der Waals surface area contributed by atoms with Crippen molar-refractivity contribution in [3.63, 3.8) is 0 Å². The lowest BCUT2D eigenvalue weighted by molar-refractivity contribution is -0.122. The maximum absolute atomic E-state index is 12.8. The van der Waals surface area contributed by atoms with Gasteiger partial charge in [0, 0.05) is 19.4 Å². The second kappa shape index (κ2) is 12.9. The van der Waals surface area contributed by atoms with E-state index in [1.165, 1.54) is 30.2 Å². The normalized spacial score (nSPS) is 14.7. The van der Waals surface area contributed by atoms with Gasteiger partial charge in [-0.3, -0.25) is 14.5 Å². The number of carbonyl (C=O) groups is 3. The van der Waals surface area contributed by atoms with Crippen LogP contribution in [-0.2, 0) is 20.7 Å². The molecule has 0 aliphatic carbocycles. The molecule has 1 aliphatic rings. The van der Waals surface area contributed by atoms with E-state index < -0.39 is 5.97 Å². The maximum Gasteiger partial charge on any atom is 0.337 e. The number of benzene rings is 1. The van der Waals surface area contributed by atoms with Gasteiger partial charge >= 0.3 is 5.97 Å². The predicted molar refractivity (Wildman–Crippen MR) is 143 cm³/mol. The molecule has 1 N–H and O–H groups in total. The summed E-state index contributed by atoms with van der Waals surface area (Å²) in [5.41, 5.74) is 1.25. The van der Waals surface area contributed by atoms with Crippen LogP contribution in [0.4, 0.5) is 5.13 Å². The van der Waals surface area contributed by atoms with Crippen LogP contribution in [0.1, 0.15) is 60.5 Å². The van der Waals surface area contributed by atoms with Crippen molar-refractivity contribution in [2.75, 3.05) is 19.0 Å². The molecule has 2 aromatic rings. The number of esters is 1. The molecule has 3 rings (SSSR count). The number of thioether (sulfide) groups is 1. The number of nitrogens with one attached hydrogen (secondary N) is 1. The SMILES string of the molecule is COC(=O)c1ccc(/C=C2\SC(=S)N(CCCCCC(=O)Nc3nnc(CC(C)C)s3)C2=O)cc1. The van der Waals surface area contributed by atoms with Crippen molar-refractivity contribution in [3.8, 4) is 0 Å². The molecule has 1 saturated heterocycles. The van der Waals surface area contributed by atoms with E-state index in [0.717, 1.165) is 29.8 Å². The van der Waals surface area contributed by atoms with E-state index in [4.69, 9.17) is 17.0 Å². The molecule has 11 heteroatoms. The van der Waals surface area contributed by atoms with Crippen molar-refractivity contribution in [3.05, 3.63) is 45.3 Å². The molecular weight excluding hydrogens is 504 g/mol. The van der Waals surface area contributed by atoms with E-state index >= 15 is 0 Å². The van der Waals surface area contributed by atoms with Crippen molar-refractivity contribution < 1.29 is 19.1 Å². The summed E-state index contributed by atoms with van der Waals surface area (Å²) < 4.78 is 5.22. The third kappa shape index (κ3) is 7.94. The third-order valence-corrected chi connectivity index (χ3v) is 7.32. The largest absolute Gasteiger partial charge is 0.465 e. The van der Waals surface area contributed by atoms with Crippen molar-refractivity contribution in [2.45, 2.75) is 46.0 Å². The Kier molecular flexibility index (Phi) is 9.93. The summed E-state index contributed by atoms with van der Waals surface area (Å²) in [6.07, 6.45) is 5.26. The molecule has 1 aromatic heterocycles. The molecule has 186 valence electrons. The van der Waals surface area contributed by atoms with Crippen LogP contribution in [0.25, 0.3) is 6.08 Å². The highest BCUT2D eigenvalue weighted by molar-refractivity contribution is 8.26. The first-order valence-electron chi connectivity index (χ1n) is 11.3. The summed E-state index contributed by atoms with van der Waals surface area (Å²) in [6.45, 7) is 4.74. The summed E-state index contributed by atoms with van der Waals surface area (Å²) in [7, 11) is 1.33. The minimum Gasteiger partial charge on any atom is -0.465 e. The minimum atomic E-state index is -0.406. The fourth-order valence-electron chi connectivity index (χ4n) is 3.33. The Hall–Kier alpha value is -2.63. The number of carbonyl (C=O) groups excluding carboxylic acids is 3. The predicted octanol–water partition coefficient (Wildman–Crippen LogP) is 4.92. The zero-order valence-corrected chi connectivity index (χ0v) is 22.4. The van der Waals surface area contributed by atoms with E-state index in [1.807, 2.05) is 0 Å². The number of thiocarbonyl (C=S) groups is 1. The average molecular weight is 533 g/mol. The van der Waals surface area contributed by atoms with Crippen LogP contribution in [0.3, 0.4) is 0 Å². The van der Waals surface area contributed by atoms with Crippen LogP contribution in [0, 0.1) is 5.92 Å². The molecule has 1 aromatic carbocycles. The fraction of sp³-hybridized carbons (Fsp3) is 0.417. The lowest BCUT2D eigenvalue weighted by Crippen LogP contribution is -2.29. The molecule has 0 radical (unpaired) electrons. The fourth-order valence-corrected chi connectivity index (χ4v) is 5.60. The Bertz CT molecular complexity index is 1110. The first kappa shape index (κ1) is 27.0. The summed E-state index contributed by atoms with van der Waals surface area (Å²) in [6, 6.07) is 6.84. The minimum absolute atomic E-state index is 0.0796. The molecule has 0 spiro atoms. The Morgan fingerprint density at radius 1 is 1.17 bits per heavy atom. The van der Waals surface area contributed by atoms with Gasteiger partial charge in [-0.1, -0.05) is 67.7 Å². The van der Waals surface area contributed by atoms with Gasteiger partial charge in [-0.05, 0) is 42.5 Å². The van der Waals surface area contributed by atoms with E-state index in [2.05, 4.69) is 29.4 Å². The number of nitrogens with zero attached hydrogens (tertiary/aromatic N) is 3. The number of amides is 2. The molecule has 8 nitrogen and oxygen atoms in total. The van der Waals surface area contributed by atoms with E-state index in [9.17, 15) is 14.4 Å². The molecule has 2 amide bonds. The highest BCUT2D eigenvalue weighted by Gasteiger charge is 2.31. The van der Waals surface area contributed by atoms with Gasteiger partial charge in [0.25, 0.3) is 5.91 Å². The van der Waals surface area contributed by atoms with Crippen molar-refractivity contribution >= 4 is 68.6 Å². The number of aromatic nitrogens is 2. The summed E-state index contributed by atoms with van der Waals surface area (Å²) in [5, 5.41) is 12.4. The lowest BCUT2D eigenvalue weighted by Gasteiger charge is -2.14. The number of methoxy groups -OCH3 is 1. The number of hydrogen-bond acceptors (Lipinski definition) is 9. The van der Waals surface area contributed by atoms with Gasteiger partial charge in [0.05, 0.1) is 17.6 Å². The number of hydrogen-bond donors (Lipinski definition) is 1. The number of unbranched alkanes of at least 4 members (excludes halogenated alkanes) is 2. The van der Waals surface area contributed by atoms with Crippen LogP contribution >= 0.6 is 35.3 Å². The second-order valence-corrected chi connectivity index (χ2v) is 11.1. The van der Waals surface area contributed by atoms with E-state index in [1.54, 1.807) is 35.2 Å². The molecular formula is C24H28N4O4S3. The smallest absolute Gasteiger partial charge is 0.337 e. The Morgan fingerprint density at radius 3 is 2.60 bits per heavy atom. The maximum atomic E-state index is 12.8. The van der Waals surface area contributed by atoms with Gasteiger partial charge in [0.1, 0.15) is 9.33 Å². The first-order chi connectivity index (χ1) is 16.8. The van der Waals surface area contributed by atoms with E-state index in [-0.39, 0.29) is 11.8 Å². The van der Waals surface area contributed by atoms with Gasteiger partial charge < -0.3 is 10.1 Å². The molecule has 1 fully saturated rings. The molecule has 0 saturated carbocycles. The van der Waals surface area contributed by atoms with Crippen LogP contribution in [0.2, 0.25) is 0 Å². The highest BCUT2D eigenvalue weighted by atomic mass is 32.2. The Balaban J connectivity index is 1.40. The number of ether oxygens (including phenoxy) is 1. The standard InChI is InChI=1S/C24H28N4O4S3/c1-15(2)13-20-26-27-23(35-20)25-19(29)7-5-4-6-12-28-21(30)18(34-24(28)33)14-16-8-10-17(11-9-16)22(31)32-3/h8-11,14-15H,4-7,12-13H2,1-3H3,(H,25,27,29)/b18-14-. The number of rotatable bonds is 11. The van der Waals surface area contributed by atoms with Crippen molar-refractivity contribution in [2.24, 2.45) is 5.92 Å². The Labute approximate surface area is 218 Å². The monoisotopic (exact) mass is 532 g/mol. The number of anilines is 1. The average Bonchev–Trinajstić information content (AvgIpc) is 3.36. The topological polar surface area (TPSA) is 101 Å². The van der Waals surface area contributed by atoms with Gasteiger partial charge in [-0.2, -0.15) is 0 Å². The van der Waals surface area contributed by atoms with Crippen LogP contribution in [0.5, 0.6) is 0 Å². The molecule has 2 heterocycles. The van der Waals surface area contributed by atoms with Crippen LogP contribution < -0.4 is 5.32 Å². The van der Waals surface area contributed by atoms with Crippen molar-refractivity contribution in [1.29, 1.82) is 0 Å². The quantitative estimate of drug-likeness (QED) is 0.188. The van der Waals surface area contributed by atoms with Gasteiger partial charge in [-0.15, -0.1) is 10.2 Å². The summed E-state index contributed by atoms with van der Waals surface area (Å²) >= 11 is 8.07. The van der Waals surface area contributed by atoms with Gasteiger partial charge in [-0.25, -0.2) is 4.79 Å². The van der Waals surface area contributed by atoms with Crippen molar-refractivity contribution in [1.82, 2.24) is 15.1 Å². The van der Waals surface area contributed by atoms with Gasteiger partial charge in [0.15, 0.2) is 0 Å². The van der Waals surface area contributed by atoms with Crippen LogP contribution in [-0.4, -0.2) is 50.9 Å². The van der Waals surface area contributed by atoms with E-state index in [0.29, 0.717) is 45.2 Å². The molecule has 0 unspecified atom stereocenters. The molecule has 0 atom stereocenters. The summed E-state index contributed by atoms with van der Waals surface area (Å²) in [5.74, 6) is -0.116. The molecule has 1 aliphatic heterocycles. The third-order valence-electron chi connectivity index (χ3n) is 5.08. The van der Waals surface area contributed by atoms with Gasteiger partial charge in [0.2, 0.25) is 11.0 Å². The first-order valence-corrected chi connectivity index (χ1v) is 13.4. The lowest BCUT2D eigenvalue weighted by atomic mass is 10.1. The second-order valence-electron chi connectivity index (χ2n) is 8.40. The van der Waals surface area contributed by atoms with Crippen LogP contribution in [0.15, 0.2) is 29.2 Å².